The molecular weight excluding hydrogens is 368 g/mol. The van der Waals surface area contributed by atoms with E-state index < -0.39 is 17.9 Å². The Labute approximate surface area is 173 Å². The van der Waals surface area contributed by atoms with Gasteiger partial charge in [0.15, 0.2) is 6.29 Å². The van der Waals surface area contributed by atoms with E-state index in [1.807, 2.05) is 27.7 Å². The number of carbonyl (C=O) groups is 1. The van der Waals surface area contributed by atoms with Gasteiger partial charge in [-0.25, -0.2) is 4.79 Å². The fourth-order valence-electron chi connectivity index (χ4n) is 3.40. The average Bonchev–Trinajstić information content (AvgIpc) is 2.64. The van der Waals surface area contributed by atoms with Gasteiger partial charge in [0.2, 0.25) is 0 Å². The van der Waals surface area contributed by atoms with E-state index in [1.54, 1.807) is 12.2 Å². The Kier molecular flexibility index (Phi) is 7.80. The van der Waals surface area contributed by atoms with Crippen LogP contribution in [0.4, 0.5) is 0 Å². The van der Waals surface area contributed by atoms with E-state index in [9.17, 15) is 4.79 Å². The van der Waals surface area contributed by atoms with Gasteiger partial charge in [0.1, 0.15) is 5.60 Å². The Morgan fingerprint density at radius 3 is 2.59 bits per heavy atom. The summed E-state index contributed by atoms with van der Waals surface area (Å²) in [5.74, 6) is 5.70. The molecule has 0 bridgehead atoms. The van der Waals surface area contributed by atoms with Crippen LogP contribution in [0.5, 0.6) is 0 Å². The van der Waals surface area contributed by atoms with Crippen molar-refractivity contribution in [2.24, 2.45) is 0 Å². The van der Waals surface area contributed by atoms with Crippen molar-refractivity contribution in [2.75, 3.05) is 13.7 Å². The lowest BCUT2D eigenvalue weighted by Crippen LogP contribution is -2.41. The molecule has 0 aromatic heterocycles. The Morgan fingerprint density at radius 1 is 1.34 bits per heavy atom. The van der Waals surface area contributed by atoms with Gasteiger partial charge in [0, 0.05) is 18.1 Å². The Bertz CT molecular complexity index is 848. The molecule has 0 spiro atoms. The molecule has 3 atom stereocenters. The van der Waals surface area contributed by atoms with Crippen LogP contribution < -0.4 is 0 Å². The highest BCUT2D eigenvalue weighted by Crippen LogP contribution is 2.39. The predicted octanol–water partition coefficient (Wildman–Crippen LogP) is 3.85. The second kappa shape index (κ2) is 9.89. The molecule has 5 nitrogen and oxygen atoms in total. The predicted molar refractivity (Wildman–Crippen MR) is 112 cm³/mol. The lowest BCUT2D eigenvalue weighted by Gasteiger charge is -2.40. The van der Waals surface area contributed by atoms with Crippen LogP contribution in [-0.2, 0) is 19.0 Å². The molecule has 0 aliphatic carbocycles. The Morgan fingerprint density at radius 2 is 2.00 bits per heavy atom. The first kappa shape index (κ1) is 22.9. The molecule has 156 valence electrons. The van der Waals surface area contributed by atoms with E-state index in [1.165, 1.54) is 18.7 Å². The first-order chi connectivity index (χ1) is 13.7. The number of aliphatic hydroxyl groups is 1. The number of ether oxygens (including phenoxy) is 3. The lowest BCUT2D eigenvalue weighted by atomic mass is 9.94. The molecule has 0 radical (unpaired) electrons. The number of aryl methyl sites for hydroxylation is 3. The molecule has 1 N–H and O–H groups in total. The van der Waals surface area contributed by atoms with Gasteiger partial charge in [-0.05, 0) is 63.5 Å². The van der Waals surface area contributed by atoms with E-state index in [-0.39, 0.29) is 12.7 Å². The molecular formula is C24H30O5. The largest absolute Gasteiger partial charge is 0.466 e. The zero-order valence-electron chi connectivity index (χ0n) is 18.0. The van der Waals surface area contributed by atoms with Crippen LogP contribution in [-0.4, -0.2) is 36.5 Å². The van der Waals surface area contributed by atoms with E-state index in [4.69, 9.17) is 14.6 Å². The van der Waals surface area contributed by atoms with Gasteiger partial charge in [-0.2, -0.15) is 0 Å². The third-order valence-electron chi connectivity index (χ3n) is 4.78. The second-order valence-electron chi connectivity index (χ2n) is 7.67. The molecule has 1 fully saturated rings. The van der Waals surface area contributed by atoms with Crippen molar-refractivity contribution < 1.29 is 24.1 Å². The molecule has 1 aliphatic heterocycles. The summed E-state index contributed by atoms with van der Waals surface area (Å²) in [6, 6.07) is 4.19. The molecule has 2 rings (SSSR count). The van der Waals surface area contributed by atoms with Crippen LogP contribution in [0.2, 0.25) is 0 Å². The van der Waals surface area contributed by atoms with Gasteiger partial charge in [0.25, 0.3) is 0 Å². The number of hydrogen-bond donors (Lipinski definition) is 1. The van der Waals surface area contributed by atoms with Crippen LogP contribution in [0.3, 0.4) is 0 Å². The van der Waals surface area contributed by atoms with Crippen molar-refractivity contribution in [3.8, 4) is 11.8 Å². The van der Waals surface area contributed by atoms with E-state index in [0.29, 0.717) is 6.42 Å². The minimum absolute atomic E-state index is 0.0375. The second-order valence-corrected chi connectivity index (χ2v) is 7.67. The number of benzene rings is 1. The van der Waals surface area contributed by atoms with E-state index in [0.717, 1.165) is 22.3 Å². The van der Waals surface area contributed by atoms with Crippen LogP contribution in [0, 0.1) is 32.6 Å². The fourth-order valence-corrected chi connectivity index (χ4v) is 3.40. The number of aliphatic hydroxyl groups excluding tert-OH is 1. The van der Waals surface area contributed by atoms with Crippen molar-refractivity contribution in [2.45, 2.75) is 59.0 Å². The Balaban J connectivity index is 2.41. The molecule has 1 heterocycles. The summed E-state index contributed by atoms with van der Waals surface area (Å²) in [4.78, 5) is 11.5. The summed E-state index contributed by atoms with van der Waals surface area (Å²) < 4.78 is 17.2. The fraction of sp³-hybridized carbons (Fsp3) is 0.458. The average molecular weight is 398 g/mol. The van der Waals surface area contributed by atoms with Crippen molar-refractivity contribution in [1.82, 2.24) is 0 Å². The molecule has 1 aliphatic rings. The van der Waals surface area contributed by atoms with Crippen LogP contribution >= 0.6 is 0 Å². The van der Waals surface area contributed by atoms with E-state index in [2.05, 4.69) is 35.6 Å². The monoisotopic (exact) mass is 398 g/mol. The maximum Gasteiger partial charge on any atom is 0.330 e. The molecule has 1 saturated heterocycles. The van der Waals surface area contributed by atoms with Crippen molar-refractivity contribution >= 4 is 5.97 Å². The number of esters is 1. The van der Waals surface area contributed by atoms with Gasteiger partial charge >= 0.3 is 5.97 Å². The minimum Gasteiger partial charge on any atom is -0.466 e. The topological polar surface area (TPSA) is 65.0 Å². The zero-order valence-corrected chi connectivity index (χ0v) is 18.0. The first-order valence-electron chi connectivity index (χ1n) is 9.64. The molecule has 5 heteroatoms. The highest BCUT2D eigenvalue weighted by molar-refractivity contribution is 5.81. The quantitative estimate of drug-likeness (QED) is 0.474. The maximum absolute atomic E-state index is 11.5. The van der Waals surface area contributed by atoms with Crippen molar-refractivity contribution in [1.29, 1.82) is 0 Å². The highest BCUT2D eigenvalue weighted by atomic mass is 16.7. The zero-order chi connectivity index (χ0) is 21.6. The van der Waals surface area contributed by atoms with Crippen LogP contribution in [0.15, 0.2) is 35.9 Å². The molecule has 1 aromatic rings. The van der Waals surface area contributed by atoms with Crippen molar-refractivity contribution in [3.05, 3.63) is 58.2 Å². The first-order valence-corrected chi connectivity index (χ1v) is 9.64. The lowest BCUT2D eigenvalue weighted by molar-refractivity contribution is -0.255. The van der Waals surface area contributed by atoms with Crippen molar-refractivity contribution in [3.63, 3.8) is 0 Å². The number of methoxy groups -OCH3 is 1. The molecule has 0 amide bonds. The van der Waals surface area contributed by atoms with Crippen LogP contribution in [0.25, 0.3) is 0 Å². The summed E-state index contributed by atoms with van der Waals surface area (Å²) >= 11 is 0. The SMILES string of the molecule is COC(=O)/C=C\[C@@H]1C[C@@](C)(C#C/C=C(/C)CO)O[C@H](c2c(C)cc(C)cc2C)O1. The highest BCUT2D eigenvalue weighted by Gasteiger charge is 2.38. The van der Waals surface area contributed by atoms with Gasteiger partial charge in [-0.3, -0.25) is 0 Å². The standard InChI is InChI=1S/C24H30O5/c1-16(15-25)8-7-11-24(5)14-20(9-10-21(26)27-6)28-23(29-24)22-18(3)12-17(2)13-19(22)4/h8-10,12-13,20,23,25H,14-15H2,1-6H3/b10-9-,16-8-/t20-,23-,24-/m1/s1. The van der Waals surface area contributed by atoms with Gasteiger partial charge in [-0.15, -0.1) is 0 Å². The summed E-state index contributed by atoms with van der Waals surface area (Å²) in [5.41, 5.74) is 4.30. The summed E-state index contributed by atoms with van der Waals surface area (Å²) in [6.45, 7) is 9.81. The maximum atomic E-state index is 11.5. The Hall–Kier alpha value is -2.39. The van der Waals surface area contributed by atoms with Gasteiger partial charge in [-0.1, -0.05) is 29.5 Å². The van der Waals surface area contributed by atoms with E-state index >= 15 is 0 Å². The van der Waals surface area contributed by atoms with Crippen LogP contribution in [0.1, 0.15) is 48.8 Å². The molecule has 29 heavy (non-hydrogen) atoms. The number of carbonyl (C=O) groups excluding carboxylic acids is 1. The summed E-state index contributed by atoms with van der Waals surface area (Å²) in [5, 5.41) is 9.16. The third kappa shape index (κ3) is 6.30. The summed E-state index contributed by atoms with van der Waals surface area (Å²) in [6.07, 6.45) is 4.22. The molecule has 0 unspecified atom stereocenters. The molecule has 1 aromatic carbocycles. The normalized spacial score (nSPS) is 24.9. The third-order valence-corrected chi connectivity index (χ3v) is 4.78. The number of allylic oxidation sites excluding steroid dienone is 1. The molecule has 0 saturated carbocycles. The van der Waals surface area contributed by atoms with Gasteiger partial charge in [0.05, 0.1) is 19.8 Å². The number of hydrogen-bond acceptors (Lipinski definition) is 5. The summed E-state index contributed by atoms with van der Waals surface area (Å²) in [7, 11) is 1.34. The van der Waals surface area contributed by atoms with Gasteiger partial charge < -0.3 is 19.3 Å². The number of rotatable bonds is 4. The minimum atomic E-state index is -0.788. The smallest absolute Gasteiger partial charge is 0.330 e.